The van der Waals surface area contributed by atoms with Crippen molar-refractivity contribution in [2.24, 2.45) is 0 Å². The Bertz CT molecular complexity index is 692. The highest BCUT2D eigenvalue weighted by atomic mass is 32.2. The van der Waals surface area contributed by atoms with Gasteiger partial charge in [0.15, 0.2) is 9.84 Å². The molecule has 0 aromatic heterocycles. The van der Waals surface area contributed by atoms with Crippen LogP contribution in [0.2, 0.25) is 0 Å². The van der Waals surface area contributed by atoms with Crippen LogP contribution in [0.4, 0.5) is 14.5 Å². The molecule has 1 N–H and O–H groups in total. The summed E-state index contributed by atoms with van der Waals surface area (Å²) in [4.78, 5) is 0.195. The molecule has 3 nitrogen and oxygen atoms in total. The summed E-state index contributed by atoms with van der Waals surface area (Å²) in [5.74, 6) is -1.24. The summed E-state index contributed by atoms with van der Waals surface area (Å²) in [6, 6.07) is 9.66. The maximum Gasteiger partial charge on any atom is 0.175 e. The van der Waals surface area contributed by atoms with Crippen molar-refractivity contribution in [2.45, 2.75) is 11.4 Å². The standard InChI is InChI=1S/C14H13F2NO2S/c1-20(18,19)11-7-5-10(6-8-11)17-9-12-13(15)3-2-4-14(12)16/h2-8,17H,9H2,1H3. The number of rotatable bonds is 4. The Hall–Kier alpha value is -1.95. The summed E-state index contributed by atoms with van der Waals surface area (Å²) in [6.45, 7) is -0.0171. The van der Waals surface area contributed by atoms with E-state index in [1.54, 1.807) is 12.1 Å². The van der Waals surface area contributed by atoms with Crippen molar-refractivity contribution < 1.29 is 17.2 Å². The molecule has 20 heavy (non-hydrogen) atoms. The van der Waals surface area contributed by atoms with Gasteiger partial charge in [-0.3, -0.25) is 0 Å². The molecule has 0 amide bonds. The first-order chi connectivity index (χ1) is 9.38. The molecular formula is C14H13F2NO2S. The fraction of sp³-hybridized carbons (Fsp3) is 0.143. The zero-order valence-electron chi connectivity index (χ0n) is 10.7. The van der Waals surface area contributed by atoms with Crippen molar-refractivity contribution in [3.8, 4) is 0 Å². The smallest absolute Gasteiger partial charge is 0.175 e. The first-order valence-electron chi connectivity index (χ1n) is 5.85. The van der Waals surface area contributed by atoms with Crippen molar-refractivity contribution in [2.75, 3.05) is 11.6 Å². The van der Waals surface area contributed by atoms with Crippen molar-refractivity contribution in [1.82, 2.24) is 0 Å². The van der Waals surface area contributed by atoms with E-state index in [1.807, 2.05) is 0 Å². The molecule has 0 aliphatic rings. The molecule has 0 bridgehead atoms. The summed E-state index contributed by atoms with van der Waals surface area (Å²) < 4.78 is 49.4. The van der Waals surface area contributed by atoms with E-state index in [1.165, 1.54) is 30.3 Å². The van der Waals surface area contributed by atoms with Gasteiger partial charge in [-0.05, 0) is 36.4 Å². The molecule has 0 saturated carbocycles. The van der Waals surface area contributed by atoms with Crippen LogP contribution >= 0.6 is 0 Å². The van der Waals surface area contributed by atoms with Crippen molar-refractivity contribution in [3.63, 3.8) is 0 Å². The van der Waals surface area contributed by atoms with E-state index >= 15 is 0 Å². The van der Waals surface area contributed by atoms with Crippen LogP contribution in [0, 0.1) is 11.6 Å². The molecule has 6 heteroatoms. The van der Waals surface area contributed by atoms with E-state index < -0.39 is 21.5 Å². The van der Waals surface area contributed by atoms with E-state index in [0.717, 1.165) is 6.26 Å². The monoisotopic (exact) mass is 297 g/mol. The minimum atomic E-state index is -3.25. The lowest BCUT2D eigenvalue weighted by Gasteiger charge is -2.09. The van der Waals surface area contributed by atoms with Gasteiger partial charge in [0.1, 0.15) is 11.6 Å². The molecule has 2 aromatic carbocycles. The van der Waals surface area contributed by atoms with Gasteiger partial charge >= 0.3 is 0 Å². The van der Waals surface area contributed by atoms with Crippen LogP contribution in [0.3, 0.4) is 0 Å². The van der Waals surface area contributed by atoms with E-state index in [9.17, 15) is 17.2 Å². The number of anilines is 1. The Labute approximate surface area is 116 Å². The first kappa shape index (κ1) is 14.5. The molecule has 0 saturated heterocycles. The van der Waals surface area contributed by atoms with Gasteiger partial charge in [-0.1, -0.05) is 6.07 Å². The van der Waals surface area contributed by atoms with Crippen LogP contribution < -0.4 is 5.32 Å². The number of nitrogens with one attached hydrogen (secondary N) is 1. The van der Waals surface area contributed by atoms with Crippen molar-refractivity contribution in [3.05, 3.63) is 59.7 Å². The average Bonchev–Trinajstić information content (AvgIpc) is 2.37. The summed E-state index contributed by atoms with van der Waals surface area (Å²) in [5.41, 5.74) is 0.528. The van der Waals surface area contributed by atoms with Gasteiger partial charge in [-0.15, -0.1) is 0 Å². The summed E-state index contributed by atoms with van der Waals surface area (Å²) in [5, 5.41) is 2.85. The molecule has 0 aliphatic heterocycles. The van der Waals surface area contributed by atoms with E-state index in [0.29, 0.717) is 5.69 Å². The first-order valence-corrected chi connectivity index (χ1v) is 7.74. The SMILES string of the molecule is CS(=O)(=O)c1ccc(NCc2c(F)cccc2F)cc1. The third-order valence-corrected chi connectivity index (χ3v) is 3.94. The van der Waals surface area contributed by atoms with E-state index in [4.69, 9.17) is 0 Å². The van der Waals surface area contributed by atoms with Gasteiger partial charge in [0.2, 0.25) is 0 Å². The minimum Gasteiger partial charge on any atom is -0.381 e. The van der Waals surface area contributed by atoms with Gasteiger partial charge in [0, 0.05) is 24.1 Å². The predicted octanol–water partition coefficient (Wildman–Crippen LogP) is 2.98. The number of sulfone groups is 1. The lowest BCUT2D eigenvalue weighted by Crippen LogP contribution is -2.05. The number of hydrogen-bond acceptors (Lipinski definition) is 3. The highest BCUT2D eigenvalue weighted by Crippen LogP contribution is 2.17. The summed E-state index contributed by atoms with van der Waals surface area (Å²) in [6.07, 6.45) is 1.12. The zero-order valence-corrected chi connectivity index (χ0v) is 11.5. The molecule has 106 valence electrons. The second-order valence-corrected chi connectivity index (χ2v) is 6.37. The van der Waals surface area contributed by atoms with E-state index in [-0.39, 0.29) is 17.0 Å². The normalized spacial score (nSPS) is 11.3. The maximum absolute atomic E-state index is 13.4. The molecule has 0 fully saturated rings. The molecule has 0 aliphatic carbocycles. The topological polar surface area (TPSA) is 46.2 Å². The van der Waals surface area contributed by atoms with Gasteiger partial charge in [-0.25, -0.2) is 17.2 Å². The lowest BCUT2D eigenvalue weighted by molar-refractivity contribution is 0.560. The summed E-state index contributed by atoms with van der Waals surface area (Å²) in [7, 11) is -3.25. The van der Waals surface area contributed by atoms with Crippen molar-refractivity contribution in [1.29, 1.82) is 0 Å². The predicted molar refractivity (Wildman–Crippen MR) is 73.2 cm³/mol. The van der Waals surface area contributed by atoms with Crippen LogP contribution in [0.25, 0.3) is 0 Å². The maximum atomic E-state index is 13.4. The van der Waals surface area contributed by atoms with Gasteiger partial charge in [-0.2, -0.15) is 0 Å². The molecule has 0 radical (unpaired) electrons. The Balaban J connectivity index is 2.12. The highest BCUT2D eigenvalue weighted by molar-refractivity contribution is 7.90. The van der Waals surface area contributed by atoms with Crippen LogP contribution in [0.5, 0.6) is 0 Å². The summed E-state index contributed by atoms with van der Waals surface area (Å²) >= 11 is 0. The molecule has 2 aromatic rings. The Morgan fingerprint density at radius 3 is 2.05 bits per heavy atom. The Morgan fingerprint density at radius 2 is 1.55 bits per heavy atom. The average molecular weight is 297 g/mol. The lowest BCUT2D eigenvalue weighted by atomic mass is 10.2. The largest absolute Gasteiger partial charge is 0.381 e. The molecule has 0 unspecified atom stereocenters. The number of hydrogen-bond donors (Lipinski definition) is 1. The van der Waals surface area contributed by atoms with Crippen LogP contribution in [0.1, 0.15) is 5.56 Å². The second-order valence-electron chi connectivity index (χ2n) is 4.35. The van der Waals surface area contributed by atoms with Gasteiger partial charge < -0.3 is 5.32 Å². The van der Waals surface area contributed by atoms with Gasteiger partial charge in [0.05, 0.1) is 4.90 Å². The quantitative estimate of drug-likeness (QED) is 0.943. The molecular weight excluding hydrogens is 284 g/mol. The van der Waals surface area contributed by atoms with Crippen LogP contribution in [-0.2, 0) is 16.4 Å². The third kappa shape index (κ3) is 3.33. The van der Waals surface area contributed by atoms with Crippen LogP contribution in [0.15, 0.2) is 47.4 Å². The molecule has 0 spiro atoms. The van der Waals surface area contributed by atoms with E-state index in [2.05, 4.69) is 5.32 Å². The Kier molecular flexibility index (Phi) is 4.04. The minimum absolute atomic E-state index is 0.0171. The second kappa shape index (κ2) is 5.58. The molecule has 0 atom stereocenters. The molecule has 0 heterocycles. The van der Waals surface area contributed by atoms with Crippen molar-refractivity contribution >= 4 is 15.5 Å². The fourth-order valence-corrected chi connectivity index (χ4v) is 2.34. The number of benzene rings is 2. The fourth-order valence-electron chi connectivity index (χ4n) is 1.71. The third-order valence-electron chi connectivity index (χ3n) is 2.81. The highest BCUT2D eigenvalue weighted by Gasteiger charge is 2.09. The van der Waals surface area contributed by atoms with Gasteiger partial charge in [0.25, 0.3) is 0 Å². The number of halogens is 2. The Morgan fingerprint density at radius 1 is 1.00 bits per heavy atom. The molecule has 2 rings (SSSR count). The van der Waals surface area contributed by atoms with Crippen LogP contribution in [-0.4, -0.2) is 14.7 Å². The zero-order chi connectivity index (χ0) is 14.8.